The highest BCUT2D eigenvalue weighted by Gasteiger charge is 2.11. The van der Waals surface area contributed by atoms with Crippen LogP contribution in [0.4, 0.5) is 4.79 Å². The second-order valence-corrected chi connectivity index (χ2v) is 5.81. The summed E-state index contributed by atoms with van der Waals surface area (Å²) < 4.78 is 11.0. The maximum Gasteiger partial charge on any atom is 0.321 e. The van der Waals surface area contributed by atoms with Gasteiger partial charge in [0.25, 0.3) is 5.91 Å². The molecule has 3 amide bonds. The number of imide groups is 1. The number of amides is 3. The van der Waals surface area contributed by atoms with E-state index in [4.69, 9.17) is 9.47 Å². The number of carbonyl (C=O) groups is 3. The van der Waals surface area contributed by atoms with Crippen molar-refractivity contribution in [3.63, 3.8) is 0 Å². The molecule has 0 aliphatic carbocycles. The first-order valence-corrected chi connectivity index (χ1v) is 7.80. The van der Waals surface area contributed by atoms with Gasteiger partial charge in [-0.05, 0) is 32.0 Å². The smallest absolute Gasteiger partial charge is 0.321 e. The number of carbonyl (C=O) groups excluding carboxylic acids is 3. The molecule has 0 heterocycles. The third-order valence-electron chi connectivity index (χ3n) is 2.41. The van der Waals surface area contributed by atoms with E-state index >= 15 is 0 Å². The zero-order chi connectivity index (χ0) is 17.2. The Morgan fingerprint density at radius 3 is 2.65 bits per heavy atom. The first kappa shape index (κ1) is 19.0. The van der Waals surface area contributed by atoms with E-state index in [-0.39, 0.29) is 19.1 Å². The third kappa shape index (κ3) is 8.82. The van der Waals surface area contributed by atoms with Crippen molar-refractivity contribution in [3.8, 4) is 5.75 Å². The fourth-order valence-electron chi connectivity index (χ4n) is 1.49. The zero-order valence-corrected chi connectivity index (χ0v) is 14.5. The zero-order valence-electron chi connectivity index (χ0n) is 12.9. The number of benzene rings is 1. The minimum Gasteiger partial charge on any atom is -0.493 e. The molecular formula is C15H19BrN2O5. The molecule has 126 valence electrons. The average molecular weight is 387 g/mol. The molecule has 2 N–H and O–H groups in total. The van der Waals surface area contributed by atoms with Crippen LogP contribution in [-0.2, 0) is 14.3 Å². The predicted molar refractivity (Wildman–Crippen MR) is 87.0 cm³/mol. The molecule has 0 atom stereocenters. The van der Waals surface area contributed by atoms with Gasteiger partial charge >= 0.3 is 12.0 Å². The summed E-state index contributed by atoms with van der Waals surface area (Å²) in [4.78, 5) is 34.1. The van der Waals surface area contributed by atoms with Gasteiger partial charge in [-0.25, -0.2) is 4.79 Å². The van der Waals surface area contributed by atoms with E-state index < -0.39 is 24.5 Å². The van der Waals surface area contributed by atoms with Gasteiger partial charge < -0.3 is 14.8 Å². The number of ether oxygens (including phenoxy) is 2. The molecule has 7 nitrogen and oxygen atoms in total. The molecule has 0 fully saturated rings. The van der Waals surface area contributed by atoms with Crippen LogP contribution in [-0.4, -0.2) is 37.2 Å². The molecule has 0 spiro atoms. The predicted octanol–water partition coefficient (Wildman–Crippen LogP) is 2.00. The summed E-state index contributed by atoms with van der Waals surface area (Å²) >= 11 is 3.31. The van der Waals surface area contributed by atoms with Crippen LogP contribution in [0, 0.1) is 0 Å². The minimum atomic E-state index is -0.690. The summed E-state index contributed by atoms with van der Waals surface area (Å²) in [5, 5.41) is 4.54. The summed E-state index contributed by atoms with van der Waals surface area (Å²) in [6, 6.07) is 6.47. The van der Waals surface area contributed by atoms with Crippen molar-refractivity contribution in [2.24, 2.45) is 0 Å². The lowest BCUT2D eigenvalue weighted by Gasteiger charge is -2.09. The van der Waals surface area contributed by atoms with E-state index in [9.17, 15) is 14.4 Å². The van der Waals surface area contributed by atoms with Gasteiger partial charge in [0.2, 0.25) is 0 Å². The quantitative estimate of drug-likeness (QED) is 0.698. The molecule has 1 aromatic rings. The topological polar surface area (TPSA) is 93.7 Å². The Bertz CT molecular complexity index is 563. The lowest BCUT2D eigenvalue weighted by Crippen LogP contribution is -2.44. The van der Waals surface area contributed by atoms with Crippen LogP contribution in [0.3, 0.4) is 0 Å². The highest BCUT2D eigenvalue weighted by atomic mass is 79.9. The van der Waals surface area contributed by atoms with E-state index in [0.717, 1.165) is 4.47 Å². The van der Waals surface area contributed by atoms with Crippen LogP contribution >= 0.6 is 15.9 Å². The van der Waals surface area contributed by atoms with Gasteiger partial charge in [-0.1, -0.05) is 22.0 Å². The van der Waals surface area contributed by atoms with E-state index in [1.165, 1.54) is 0 Å². The van der Waals surface area contributed by atoms with Gasteiger partial charge in [0.15, 0.2) is 6.61 Å². The number of esters is 1. The number of nitrogens with one attached hydrogen (secondary N) is 2. The van der Waals surface area contributed by atoms with Crippen molar-refractivity contribution >= 4 is 33.8 Å². The largest absolute Gasteiger partial charge is 0.493 e. The van der Waals surface area contributed by atoms with Crippen molar-refractivity contribution < 1.29 is 23.9 Å². The molecule has 0 aliphatic rings. The van der Waals surface area contributed by atoms with Crippen molar-refractivity contribution in [1.82, 2.24) is 10.6 Å². The molecule has 0 radical (unpaired) electrons. The molecule has 0 bridgehead atoms. The first-order valence-electron chi connectivity index (χ1n) is 7.01. The van der Waals surface area contributed by atoms with Gasteiger partial charge in [-0.3, -0.25) is 14.9 Å². The first-order chi connectivity index (χ1) is 10.9. The van der Waals surface area contributed by atoms with Gasteiger partial charge in [0.1, 0.15) is 5.75 Å². The maximum atomic E-state index is 11.5. The second kappa shape index (κ2) is 9.83. The monoisotopic (exact) mass is 386 g/mol. The van der Waals surface area contributed by atoms with Crippen molar-refractivity contribution in [2.75, 3.05) is 13.2 Å². The summed E-state index contributed by atoms with van der Waals surface area (Å²) in [7, 11) is 0. The van der Waals surface area contributed by atoms with Crippen LogP contribution in [0.2, 0.25) is 0 Å². The van der Waals surface area contributed by atoms with E-state index in [1.54, 1.807) is 26.0 Å². The molecule has 0 aliphatic heterocycles. The SMILES string of the molecule is CC(C)NC(=O)NC(=O)COC(=O)CCOc1cccc(Br)c1. The Kier molecular flexibility index (Phi) is 8.10. The van der Waals surface area contributed by atoms with E-state index in [1.807, 2.05) is 12.1 Å². The Balaban J connectivity index is 2.19. The van der Waals surface area contributed by atoms with Crippen molar-refractivity contribution in [3.05, 3.63) is 28.7 Å². The average Bonchev–Trinajstić information content (AvgIpc) is 2.44. The molecule has 1 rings (SSSR count). The highest BCUT2D eigenvalue weighted by Crippen LogP contribution is 2.17. The summed E-state index contributed by atoms with van der Waals surface area (Å²) in [5.41, 5.74) is 0. The molecule has 0 saturated heterocycles. The highest BCUT2D eigenvalue weighted by molar-refractivity contribution is 9.10. The van der Waals surface area contributed by atoms with E-state index in [0.29, 0.717) is 5.75 Å². The fourth-order valence-corrected chi connectivity index (χ4v) is 1.87. The lowest BCUT2D eigenvalue weighted by molar-refractivity contribution is -0.148. The maximum absolute atomic E-state index is 11.5. The molecule has 8 heteroatoms. The molecule has 23 heavy (non-hydrogen) atoms. The summed E-state index contributed by atoms with van der Waals surface area (Å²) in [6.07, 6.45) is -0.00200. The van der Waals surface area contributed by atoms with Crippen LogP contribution in [0.25, 0.3) is 0 Å². The van der Waals surface area contributed by atoms with Crippen molar-refractivity contribution in [1.29, 1.82) is 0 Å². The Labute approximate surface area is 142 Å². The van der Waals surface area contributed by atoms with Gasteiger partial charge in [0.05, 0.1) is 13.0 Å². The van der Waals surface area contributed by atoms with Gasteiger partial charge in [-0.15, -0.1) is 0 Å². The molecule has 0 unspecified atom stereocenters. The Morgan fingerprint density at radius 1 is 1.26 bits per heavy atom. The number of halogens is 1. The Hall–Kier alpha value is -2.09. The number of hydrogen-bond acceptors (Lipinski definition) is 5. The molecular weight excluding hydrogens is 368 g/mol. The van der Waals surface area contributed by atoms with Crippen LogP contribution in [0.1, 0.15) is 20.3 Å². The van der Waals surface area contributed by atoms with Crippen LogP contribution in [0.15, 0.2) is 28.7 Å². The normalized spacial score (nSPS) is 10.1. The van der Waals surface area contributed by atoms with Gasteiger partial charge in [0, 0.05) is 10.5 Å². The number of hydrogen-bond donors (Lipinski definition) is 2. The lowest BCUT2D eigenvalue weighted by atomic mass is 10.3. The van der Waals surface area contributed by atoms with Crippen molar-refractivity contribution in [2.45, 2.75) is 26.3 Å². The van der Waals surface area contributed by atoms with Crippen LogP contribution in [0.5, 0.6) is 5.75 Å². The molecule has 0 saturated carbocycles. The fraction of sp³-hybridized carbons (Fsp3) is 0.400. The molecule has 1 aromatic carbocycles. The minimum absolute atomic E-state index is 0.00200. The second-order valence-electron chi connectivity index (χ2n) is 4.89. The summed E-state index contributed by atoms with van der Waals surface area (Å²) in [6.45, 7) is 3.14. The number of urea groups is 1. The van der Waals surface area contributed by atoms with Crippen LogP contribution < -0.4 is 15.4 Å². The molecule has 0 aromatic heterocycles. The van der Waals surface area contributed by atoms with E-state index in [2.05, 4.69) is 26.6 Å². The Morgan fingerprint density at radius 2 is 2.00 bits per heavy atom. The number of rotatable bonds is 7. The van der Waals surface area contributed by atoms with Gasteiger partial charge in [-0.2, -0.15) is 0 Å². The standard InChI is InChI=1S/C15H19BrN2O5/c1-10(2)17-15(21)18-13(19)9-23-14(20)6-7-22-12-5-3-4-11(16)8-12/h3-5,8,10H,6-7,9H2,1-2H3,(H2,17,18,19,21). The third-order valence-corrected chi connectivity index (χ3v) is 2.90. The summed E-state index contributed by atoms with van der Waals surface area (Å²) in [5.74, 6) is -0.654.